The predicted octanol–water partition coefficient (Wildman–Crippen LogP) is 3.61. The van der Waals surface area contributed by atoms with Crippen LogP contribution in [-0.4, -0.2) is 19.9 Å². The zero-order valence-corrected chi connectivity index (χ0v) is 11.8. The molecule has 2 aromatic heterocycles. The highest BCUT2D eigenvalue weighted by Crippen LogP contribution is 2.27. The predicted molar refractivity (Wildman–Crippen MR) is 77.4 cm³/mol. The highest BCUT2D eigenvalue weighted by molar-refractivity contribution is 7.98. The number of halogens is 1. The van der Waals surface area contributed by atoms with Crippen molar-refractivity contribution in [2.75, 3.05) is 0 Å². The van der Waals surface area contributed by atoms with Gasteiger partial charge in [-0.3, -0.25) is 0 Å². The van der Waals surface area contributed by atoms with E-state index in [1.54, 1.807) is 18.1 Å². The fourth-order valence-corrected chi connectivity index (χ4v) is 2.98. The third kappa shape index (κ3) is 2.72. The van der Waals surface area contributed by atoms with Crippen molar-refractivity contribution in [1.29, 1.82) is 0 Å². The number of nitrogens with one attached hydrogen (secondary N) is 1. The van der Waals surface area contributed by atoms with Crippen LogP contribution in [0.15, 0.2) is 35.6 Å². The summed E-state index contributed by atoms with van der Waals surface area (Å²) < 4.78 is 0. The maximum atomic E-state index is 5.90. The van der Waals surface area contributed by atoms with Gasteiger partial charge in [-0.05, 0) is 24.1 Å². The van der Waals surface area contributed by atoms with Gasteiger partial charge in [-0.2, -0.15) is 4.98 Å². The molecule has 0 saturated heterocycles. The molecule has 0 radical (unpaired) electrons. The maximum Gasteiger partial charge on any atom is 0.225 e. The Morgan fingerprint density at radius 3 is 3.05 bits per heavy atom. The van der Waals surface area contributed by atoms with Crippen molar-refractivity contribution in [3.63, 3.8) is 0 Å². The number of benzene rings is 1. The Hall–Kier alpha value is -1.59. The summed E-state index contributed by atoms with van der Waals surface area (Å²) in [5.74, 6) is 0.836. The molecule has 0 aliphatic rings. The summed E-state index contributed by atoms with van der Waals surface area (Å²) >= 11 is 7.52. The summed E-state index contributed by atoms with van der Waals surface area (Å²) in [6.45, 7) is 2.09. The van der Waals surface area contributed by atoms with Crippen molar-refractivity contribution in [2.45, 2.75) is 17.7 Å². The molecule has 0 aliphatic heterocycles. The molecule has 3 aromatic rings. The van der Waals surface area contributed by atoms with Crippen LogP contribution in [0.4, 0.5) is 0 Å². The van der Waals surface area contributed by atoms with Gasteiger partial charge in [0.05, 0.1) is 6.33 Å². The molecule has 1 N–H and O–H groups in total. The highest BCUT2D eigenvalue weighted by Gasteiger charge is 2.09. The lowest BCUT2D eigenvalue weighted by molar-refractivity contribution is 1.08. The summed E-state index contributed by atoms with van der Waals surface area (Å²) in [5.41, 5.74) is 3.95. The fraction of sp³-hybridized carbons (Fsp3) is 0.154. The lowest BCUT2D eigenvalue weighted by Gasteiger charge is -2.03. The molecule has 6 heteroatoms. The molecule has 0 fully saturated rings. The molecular weight excluding hydrogens is 280 g/mol. The van der Waals surface area contributed by atoms with Crippen LogP contribution in [0.1, 0.15) is 11.1 Å². The van der Waals surface area contributed by atoms with E-state index < -0.39 is 0 Å². The SMILES string of the molecule is Cc1cccc(CSc2nc(Cl)nc3nc[nH]c23)c1. The van der Waals surface area contributed by atoms with Gasteiger partial charge >= 0.3 is 0 Å². The van der Waals surface area contributed by atoms with Crippen LogP contribution in [0.25, 0.3) is 11.2 Å². The summed E-state index contributed by atoms with van der Waals surface area (Å²) in [4.78, 5) is 15.5. The second kappa shape index (κ2) is 5.19. The molecule has 0 amide bonds. The van der Waals surface area contributed by atoms with Crippen LogP contribution in [0.2, 0.25) is 5.28 Å². The fourth-order valence-electron chi connectivity index (χ4n) is 1.84. The Balaban J connectivity index is 1.87. The van der Waals surface area contributed by atoms with Gasteiger partial charge in [0.15, 0.2) is 5.65 Å². The van der Waals surface area contributed by atoms with Crippen molar-refractivity contribution in [2.24, 2.45) is 0 Å². The Morgan fingerprint density at radius 2 is 2.21 bits per heavy atom. The molecule has 0 atom stereocenters. The summed E-state index contributed by atoms with van der Waals surface area (Å²) in [5, 5.41) is 1.06. The van der Waals surface area contributed by atoms with Crippen molar-refractivity contribution >= 4 is 34.5 Å². The second-order valence-electron chi connectivity index (χ2n) is 4.18. The van der Waals surface area contributed by atoms with Gasteiger partial charge in [0.1, 0.15) is 10.5 Å². The van der Waals surface area contributed by atoms with Crippen LogP contribution < -0.4 is 0 Å². The first-order valence-corrected chi connectivity index (χ1v) is 7.14. The number of H-pyrrole nitrogens is 1. The van der Waals surface area contributed by atoms with Gasteiger partial charge in [0.2, 0.25) is 5.28 Å². The Morgan fingerprint density at radius 1 is 1.32 bits per heavy atom. The number of fused-ring (bicyclic) bond motifs is 1. The average molecular weight is 291 g/mol. The first kappa shape index (κ1) is 12.4. The monoisotopic (exact) mass is 290 g/mol. The smallest absolute Gasteiger partial charge is 0.225 e. The van der Waals surface area contributed by atoms with Crippen molar-refractivity contribution < 1.29 is 0 Å². The third-order valence-electron chi connectivity index (χ3n) is 2.68. The topological polar surface area (TPSA) is 54.5 Å². The van der Waals surface area contributed by atoms with E-state index in [0.717, 1.165) is 16.3 Å². The molecular formula is C13H11ClN4S. The largest absolute Gasteiger partial charge is 0.341 e. The second-order valence-corrected chi connectivity index (χ2v) is 5.48. The van der Waals surface area contributed by atoms with Gasteiger partial charge in [0, 0.05) is 5.75 Å². The third-order valence-corrected chi connectivity index (χ3v) is 3.90. The summed E-state index contributed by atoms with van der Waals surface area (Å²) in [6.07, 6.45) is 1.60. The number of aromatic nitrogens is 4. The first-order valence-electron chi connectivity index (χ1n) is 5.77. The van der Waals surface area contributed by atoms with Crippen molar-refractivity contribution in [1.82, 2.24) is 19.9 Å². The Kier molecular flexibility index (Phi) is 3.40. The number of aryl methyl sites for hydroxylation is 1. The molecule has 0 bridgehead atoms. The van der Waals surface area contributed by atoms with E-state index in [9.17, 15) is 0 Å². The molecule has 4 nitrogen and oxygen atoms in total. The minimum Gasteiger partial charge on any atom is -0.341 e. The van der Waals surface area contributed by atoms with E-state index in [-0.39, 0.29) is 5.28 Å². The lowest BCUT2D eigenvalue weighted by atomic mass is 10.2. The number of imidazole rings is 1. The molecule has 1 aromatic carbocycles. The number of rotatable bonds is 3. The van der Waals surface area contributed by atoms with E-state index >= 15 is 0 Å². The van der Waals surface area contributed by atoms with E-state index in [2.05, 4.69) is 51.1 Å². The minimum atomic E-state index is 0.228. The molecule has 0 spiro atoms. The lowest BCUT2D eigenvalue weighted by Crippen LogP contribution is -1.90. The van der Waals surface area contributed by atoms with Gasteiger partial charge in [-0.1, -0.05) is 41.6 Å². The molecule has 0 unspecified atom stereocenters. The molecule has 0 aliphatic carbocycles. The van der Waals surface area contributed by atoms with Gasteiger partial charge in [0.25, 0.3) is 0 Å². The molecule has 0 saturated carbocycles. The molecule has 3 rings (SSSR count). The van der Waals surface area contributed by atoms with E-state index in [1.165, 1.54) is 11.1 Å². The molecule has 2 heterocycles. The summed E-state index contributed by atoms with van der Waals surface area (Å²) in [6, 6.07) is 8.42. The van der Waals surface area contributed by atoms with Crippen LogP contribution >= 0.6 is 23.4 Å². The zero-order chi connectivity index (χ0) is 13.2. The van der Waals surface area contributed by atoms with Gasteiger partial charge in [-0.25, -0.2) is 9.97 Å². The Labute approximate surface area is 119 Å². The number of hydrogen-bond acceptors (Lipinski definition) is 4. The van der Waals surface area contributed by atoms with Crippen LogP contribution in [0.5, 0.6) is 0 Å². The molecule has 19 heavy (non-hydrogen) atoms. The van der Waals surface area contributed by atoms with Crippen LogP contribution in [0.3, 0.4) is 0 Å². The van der Waals surface area contributed by atoms with E-state index in [4.69, 9.17) is 11.6 Å². The van der Waals surface area contributed by atoms with Gasteiger partial charge < -0.3 is 4.98 Å². The quantitative estimate of drug-likeness (QED) is 0.455. The van der Waals surface area contributed by atoms with Crippen molar-refractivity contribution in [3.8, 4) is 0 Å². The number of nitrogens with zero attached hydrogens (tertiary/aromatic N) is 3. The maximum absolute atomic E-state index is 5.90. The first-order chi connectivity index (χ1) is 9.22. The van der Waals surface area contributed by atoms with Crippen LogP contribution in [-0.2, 0) is 5.75 Å². The minimum absolute atomic E-state index is 0.228. The van der Waals surface area contributed by atoms with Gasteiger partial charge in [-0.15, -0.1) is 0 Å². The van der Waals surface area contributed by atoms with Crippen molar-refractivity contribution in [3.05, 3.63) is 47.0 Å². The summed E-state index contributed by atoms with van der Waals surface area (Å²) in [7, 11) is 0. The normalized spacial score (nSPS) is 11.1. The molecule has 96 valence electrons. The van der Waals surface area contributed by atoms with E-state index in [0.29, 0.717) is 5.65 Å². The standard InChI is InChI=1S/C13H11ClN4S/c1-8-3-2-4-9(5-8)6-19-12-10-11(16-7-15-10)17-13(14)18-12/h2-5,7H,6H2,1H3,(H,15,16,17,18). The number of hydrogen-bond donors (Lipinski definition) is 1. The number of thioether (sulfide) groups is 1. The zero-order valence-electron chi connectivity index (χ0n) is 10.2. The van der Waals surface area contributed by atoms with Crippen LogP contribution in [0, 0.1) is 6.92 Å². The highest BCUT2D eigenvalue weighted by atomic mass is 35.5. The Bertz CT molecular complexity index is 725. The number of aromatic amines is 1. The van der Waals surface area contributed by atoms with E-state index in [1.807, 2.05) is 0 Å². The average Bonchev–Trinajstić information content (AvgIpc) is 2.84.